The minimum absolute atomic E-state index is 0.0101. The first-order valence-electron chi connectivity index (χ1n) is 7.29. The van der Waals surface area contributed by atoms with Crippen molar-refractivity contribution in [2.24, 2.45) is 0 Å². The van der Waals surface area contributed by atoms with E-state index in [2.05, 4.69) is 5.16 Å². The van der Waals surface area contributed by atoms with Crippen LogP contribution in [0.25, 0.3) is 0 Å². The molecule has 0 saturated heterocycles. The highest BCUT2D eigenvalue weighted by atomic mass is 16.5. The van der Waals surface area contributed by atoms with Crippen molar-refractivity contribution in [1.29, 1.82) is 0 Å². The summed E-state index contributed by atoms with van der Waals surface area (Å²) in [5, 5.41) is 3.89. The average molecular weight is 302 g/mol. The Morgan fingerprint density at radius 1 is 1.36 bits per heavy atom. The Morgan fingerprint density at radius 3 is 2.82 bits per heavy atom. The lowest BCUT2D eigenvalue weighted by atomic mass is 9.94. The molecule has 0 spiro atoms. The zero-order valence-corrected chi connectivity index (χ0v) is 12.9. The number of carbonyl (C=O) groups excluding carboxylic acids is 2. The Morgan fingerprint density at radius 2 is 2.14 bits per heavy atom. The van der Waals surface area contributed by atoms with Crippen LogP contribution in [0.3, 0.4) is 0 Å². The Balaban J connectivity index is 1.85. The van der Waals surface area contributed by atoms with Gasteiger partial charge < -0.3 is 13.8 Å². The lowest BCUT2D eigenvalue weighted by Gasteiger charge is -2.17. The standard InChI is InChI=1S/C16H18N2O4/c1-9-11(10(2)22-17-9)7-18(3)16(20)12-8-21-14-6-4-5-13(19)15(12)14/h8H,4-7H2,1-3H3. The van der Waals surface area contributed by atoms with E-state index in [0.717, 1.165) is 17.7 Å². The predicted octanol–water partition coefficient (Wildman–Crippen LogP) is 2.68. The number of amides is 1. The van der Waals surface area contributed by atoms with Crippen molar-refractivity contribution in [3.8, 4) is 0 Å². The lowest BCUT2D eigenvalue weighted by molar-refractivity contribution is 0.0777. The van der Waals surface area contributed by atoms with Gasteiger partial charge in [-0.25, -0.2) is 0 Å². The number of hydrogen-bond donors (Lipinski definition) is 0. The molecule has 6 heteroatoms. The van der Waals surface area contributed by atoms with Gasteiger partial charge in [0.25, 0.3) is 5.91 Å². The molecule has 1 amide bonds. The highest BCUT2D eigenvalue weighted by molar-refractivity contribution is 6.09. The normalized spacial score (nSPS) is 14.0. The fourth-order valence-electron chi connectivity index (χ4n) is 2.82. The van der Waals surface area contributed by atoms with Crippen molar-refractivity contribution >= 4 is 11.7 Å². The molecule has 22 heavy (non-hydrogen) atoms. The molecule has 2 aromatic rings. The summed E-state index contributed by atoms with van der Waals surface area (Å²) in [6.07, 6.45) is 3.37. The van der Waals surface area contributed by atoms with Gasteiger partial charge >= 0.3 is 0 Å². The molecule has 0 aliphatic heterocycles. The molecule has 0 unspecified atom stereocenters. The van der Waals surface area contributed by atoms with Crippen LogP contribution in [-0.2, 0) is 13.0 Å². The largest absolute Gasteiger partial charge is 0.468 e. The van der Waals surface area contributed by atoms with E-state index in [1.54, 1.807) is 11.9 Å². The fraction of sp³-hybridized carbons (Fsp3) is 0.438. The van der Waals surface area contributed by atoms with Crippen LogP contribution in [0.4, 0.5) is 0 Å². The second-order valence-corrected chi connectivity index (χ2v) is 5.69. The van der Waals surface area contributed by atoms with E-state index in [1.165, 1.54) is 6.26 Å². The molecule has 0 fully saturated rings. The summed E-state index contributed by atoms with van der Waals surface area (Å²) in [7, 11) is 1.70. The topological polar surface area (TPSA) is 76.6 Å². The molecule has 116 valence electrons. The van der Waals surface area contributed by atoms with Gasteiger partial charge in [0, 0.05) is 25.5 Å². The third-order valence-electron chi connectivity index (χ3n) is 4.11. The van der Waals surface area contributed by atoms with E-state index in [4.69, 9.17) is 8.94 Å². The van der Waals surface area contributed by atoms with Gasteiger partial charge in [0.05, 0.1) is 23.4 Å². The number of hydrogen-bond acceptors (Lipinski definition) is 5. The Labute approximate surface area is 128 Å². The number of Topliss-reactive ketones (excluding diaryl/α,β-unsaturated/α-hetero) is 1. The van der Waals surface area contributed by atoms with Crippen molar-refractivity contribution in [2.45, 2.75) is 39.7 Å². The molecule has 0 atom stereocenters. The molecular weight excluding hydrogens is 284 g/mol. The first-order valence-corrected chi connectivity index (χ1v) is 7.29. The molecule has 0 N–H and O–H groups in total. The minimum atomic E-state index is -0.222. The van der Waals surface area contributed by atoms with Gasteiger partial charge in [-0.3, -0.25) is 9.59 Å². The van der Waals surface area contributed by atoms with Gasteiger partial charge in [-0.2, -0.15) is 0 Å². The summed E-state index contributed by atoms with van der Waals surface area (Å²) in [5.74, 6) is 1.09. The van der Waals surface area contributed by atoms with Crippen LogP contribution in [-0.4, -0.2) is 28.8 Å². The number of aryl methyl sites for hydroxylation is 3. The third-order valence-corrected chi connectivity index (χ3v) is 4.11. The monoisotopic (exact) mass is 302 g/mol. The molecule has 2 aromatic heterocycles. The summed E-state index contributed by atoms with van der Waals surface area (Å²) < 4.78 is 10.5. The summed E-state index contributed by atoms with van der Waals surface area (Å²) in [4.78, 5) is 26.3. The summed E-state index contributed by atoms with van der Waals surface area (Å²) in [6.45, 7) is 4.04. The van der Waals surface area contributed by atoms with Gasteiger partial charge in [0.1, 0.15) is 17.8 Å². The molecule has 1 aliphatic rings. The highest BCUT2D eigenvalue weighted by Gasteiger charge is 2.29. The van der Waals surface area contributed by atoms with Gasteiger partial charge in [-0.1, -0.05) is 5.16 Å². The van der Waals surface area contributed by atoms with Crippen LogP contribution in [0.2, 0.25) is 0 Å². The van der Waals surface area contributed by atoms with E-state index in [1.807, 2.05) is 13.8 Å². The number of furan rings is 1. The Kier molecular flexibility index (Phi) is 3.60. The van der Waals surface area contributed by atoms with Crippen molar-refractivity contribution in [3.63, 3.8) is 0 Å². The van der Waals surface area contributed by atoms with Crippen LogP contribution in [0.1, 0.15) is 56.3 Å². The predicted molar refractivity (Wildman–Crippen MR) is 77.8 cm³/mol. The Bertz CT molecular complexity index is 722. The number of aromatic nitrogens is 1. The molecule has 3 rings (SSSR count). The van der Waals surface area contributed by atoms with Gasteiger partial charge in [0.15, 0.2) is 5.78 Å². The van der Waals surface area contributed by atoms with Gasteiger partial charge in [-0.15, -0.1) is 0 Å². The second-order valence-electron chi connectivity index (χ2n) is 5.69. The molecular formula is C16H18N2O4. The van der Waals surface area contributed by atoms with Crippen molar-refractivity contribution in [1.82, 2.24) is 10.1 Å². The Hall–Kier alpha value is -2.37. The summed E-state index contributed by atoms with van der Waals surface area (Å²) in [6, 6.07) is 0. The van der Waals surface area contributed by atoms with E-state index >= 15 is 0 Å². The maximum atomic E-state index is 12.6. The minimum Gasteiger partial charge on any atom is -0.468 e. The van der Waals surface area contributed by atoms with E-state index in [9.17, 15) is 9.59 Å². The van der Waals surface area contributed by atoms with Crippen molar-refractivity contribution < 1.29 is 18.5 Å². The maximum Gasteiger partial charge on any atom is 0.257 e. The first kappa shape index (κ1) is 14.6. The van der Waals surface area contributed by atoms with Crippen LogP contribution in [0.5, 0.6) is 0 Å². The molecule has 0 aromatic carbocycles. The number of ketones is 1. The number of nitrogens with zero attached hydrogens (tertiary/aromatic N) is 2. The summed E-state index contributed by atoms with van der Waals surface area (Å²) in [5.41, 5.74) is 2.47. The number of rotatable bonds is 3. The SMILES string of the molecule is Cc1noc(C)c1CN(C)C(=O)c1coc2c1C(=O)CCC2. The quantitative estimate of drug-likeness (QED) is 0.871. The van der Waals surface area contributed by atoms with Crippen molar-refractivity contribution in [3.05, 3.63) is 40.2 Å². The average Bonchev–Trinajstić information content (AvgIpc) is 3.06. The van der Waals surface area contributed by atoms with Crippen LogP contribution < -0.4 is 0 Å². The molecule has 2 heterocycles. The zero-order chi connectivity index (χ0) is 15.9. The molecule has 6 nitrogen and oxygen atoms in total. The molecule has 0 radical (unpaired) electrons. The first-order chi connectivity index (χ1) is 10.5. The second kappa shape index (κ2) is 5.44. The molecule has 0 saturated carbocycles. The van der Waals surface area contributed by atoms with E-state index in [-0.39, 0.29) is 11.7 Å². The van der Waals surface area contributed by atoms with Gasteiger partial charge in [-0.05, 0) is 20.3 Å². The van der Waals surface area contributed by atoms with Crippen LogP contribution >= 0.6 is 0 Å². The van der Waals surface area contributed by atoms with Crippen LogP contribution in [0.15, 0.2) is 15.2 Å². The molecule has 1 aliphatic carbocycles. The van der Waals surface area contributed by atoms with E-state index in [0.29, 0.717) is 42.0 Å². The smallest absolute Gasteiger partial charge is 0.257 e. The number of carbonyl (C=O) groups is 2. The number of fused-ring (bicyclic) bond motifs is 1. The summed E-state index contributed by atoms with van der Waals surface area (Å²) >= 11 is 0. The highest BCUT2D eigenvalue weighted by Crippen LogP contribution is 2.27. The van der Waals surface area contributed by atoms with E-state index < -0.39 is 0 Å². The lowest BCUT2D eigenvalue weighted by Crippen LogP contribution is -2.28. The maximum absolute atomic E-state index is 12.6. The fourth-order valence-corrected chi connectivity index (χ4v) is 2.82. The zero-order valence-electron chi connectivity index (χ0n) is 12.9. The third kappa shape index (κ3) is 2.34. The van der Waals surface area contributed by atoms with Crippen molar-refractivity contribution in [2.75, 3.05) is 7.05 Å². The van der Waals surface area contributed by atoms with Crippen LogP contribution in [0, 0.1) is 13.8 Å². The molecule has 0 bridgehead atoms. The van der Waals surface area contributed by atoms with Gasteiger partial charge in [0.2, 0.25) is 0 Å².